The highest BCUT2D eigenvalue weighted by Gasteiger charge is 2.27. The van der Waals surface area contributed by atoms with Gasteiger partial charge in [-0.25, -0.2) is 0 Å². The van der Waals surface area contributed by atoms with Gasteiger partial charge >= 0.3 is 5.97 Å². The SMILES string of the molecule is CC(C(=O)N[C@@H](CC(=O)O)C(=O)COc1ccccc1)n1cccc(NC(=O)c2ccc3ccccc3c2)c1=O. The molecule has 0 fully saturated rings. The Labute approximate surface area is 229 Å². The first kappa shape index (κ1) is 27.8. The van der Waals surface area contributed by atoms with Crippen molar-refractivity contribution in [3.63, 3.8) is 0 Å². The van der Waals surface area contributed by atoms with Crippen LogP contribution in [0.25, 0.3) is 10.8 Å². The van der Waals surface area contributed by atoms with Crippen LogP contribution in [0.4, 0.5) is 5.69 Å². The van der Waals surface area contributed by atoms with Crippen molar-refractivity contribution in [2.24, 2.45) is 0 Å². The Kier molecular flexibility index (Phi) is 8.70. The summed E-state index contributed by atoms with van der Waals surface area (Å²) in [5.74, 6) is -2.77. The fraction of sp³-hybridized carbons (Fsp3) is 0.167. The van der Waals surface area contributed by atoms with Crippen LogP contribution in [0.2, 0.25) is 0 Å². The molecular weight excluding hydrogens is 514 g/mol. The third kappa shape index (κ3) is 6.79. The summed E-state index contributed by atoms with van der Waals surface area (Å²) >= 11 is 0. The maximum Gasteiger partial charge on any atom is 0.305 e. The second-order valence-corrected chi connectivity index (χ2v) is 9.05. The van der Waals surface area contributed by atoms with E-state index >= 15 is 0 Å². The Morgan fingerprint density at radius 2 is 1.60 bits per heavy atom. The molecule has 10 heteroatoms. The van der Waals surface area contributed by atoms with Gasteiger partial charge in [-0.3, -0.25) is 24.0 Å². The number of pyridine rings is 1. The fourth-order valence-corrected chi connectivity index (χ4v) is 4.05. The topological polar surface area (TPSA) is 144 Å². The zero-order valence-electron chi connectivity index (χ0n) is 21.6. The number of aromatic nitrogens is 1. The number of benzene rings is 3. The van der Waals surface area contributed by atoms with Gasteiger partial charge in [-0.05, 0) is 54.1 Å². The molecule has 1 heterocycles. The van der Waals surface area contributed by atoms with Gasteiger partial charge in [-0.15, -0.1) is 0 Å². The number of para-hydroxylation sites is 1. The van der Waals surface area contributed by atoms with Crippen LogP contribution in [0.1, 0.15) is 29.7 Å². The molecule has 0 radical (unpaired) electrons. The highest BCUT2D eigenvalue weighted by molar-refractivity contribution is 6.06. The molecule has 40 heavy (non-hydrogen) atoms. The smallest absolute Gasteiger partial charge is 0.305 e. The second-order valence-electron chi connectivity index (χ2n) is 9.05. The van der Waals surface area contributed by atoms with Crippen molar-refractivity contribution in [2.45, 2.75) is 25.4 Å². The summed E-state index contributed by atoms with van der Waals surface area (Å²) in [5, 5.41) is 16.1. The zero-order chi connectivity index (χ0) is 28.6. The summed E-state index contributed by atoms with van der Waals surface area (Å²) in [7, 11) is 0. The number of Topliss-reactive ketones (excluding diaryl/α,β-unsaturated/α-hetero) is 1. The second kappa shape index (κ2) is 12.5. The summed E-state index contributed by atoms with van der Waals surface area (Å²) in [6, 6.07) is 21.6. The third-order valence-corrected chi connectivity index (χ3v) is 6.24. The molecule has 0 aliphatic carbocycles. The van der Waals surface area contributed by atoms with Gasteiger partial charge in [0, 0.05) is 11.8 Å². The van der Waals surface area contributed by atoms with Crippen LogP contribution in [-0.4, -0.2) is 45.9 Å². The van der Waals surface area contributed by atoms with Crippen LogP contribution in [0.5, 0.6) is 5.75 Å². The summed E-state index contributed by atoms with van der Waals surface area (Å²) in [6.45, 7) is 0.974. The van der Waals surface area contributed by atoms with Gasteiger partial charge in [-0.2, -0.15) is 0 Å². The maximum atomic E-state index is 13.1. The number of ether oxygens (including phenoxy) is 1. The first-order chi connectivity index (χ1) is 19.2. The molecule has 4 aromatic rings. The number of anilines is 1. The van der Waals surface area contributed by atoms with Crippen molar-refractivity contribution in [2.75, 3.05) is 11.9 Å². The standard InChI is InChI=1S/C30H27N3O7/c1-19(28(37)32-25(17-27(35)36)26(34)18-40-23-10-3-2-4-11-23)33-15-7-12-24(30(33)39)31-29(38)22-14-13-20-8-5-6-9-21(20)16-22/h2-16,19,25H,17-18H2,1H3,(H,31,38)(H,32,37)(H,35,36)/t19?,25-/m0/s1. The number of amides is 2. The number of nitrogens with one attached hydrogen (secondary N) is 2. The molecule has 3 N–H and O–H groups in total. The number of carboxylic acid groups (broad SMARTS) is 1. The summed E-state index contributed by atoms with van der Waals surface area (Å²) in [4.78, 5) is 63.1. The Bertz CT molecular complexity index is 1610. The Balaban J connectivity index is 1.46. The molecule has 0 aliphatic rings. The van der Waals surface area contributed by atoms with Gasteiger partial charge < -0.3 is 25.0 Å². The number of nitrogens with zero attached hydrogens (tertiary/aromatic N) is 1. The average Bonchev–Trinajstić information content (AvgIpc) is 2.96. The van der Waals surface area contributed by atoms with Crippen LogP contribution in [-0.2, 0) is 14.4 Å². The minimum atomic E-state index is -1.37. The number of hydrogen-bond acceptors (Lipinski definition) is 6. The first-order valence-electron chi connectivity index (χ1n) is 12.5. The molecule has 0 spiro atoms. The van der Waals surface area contributed by atoms with Gasteiger partial charge in [0.2, 0.25) is 5.91 Å². The summed E-state index contributed by atoms with van der Waals surface area (Å²) in [6.07, 6.45) is 0.705. The number of rotatable bonds is 11. The normalized spacial score (nSPS) is 12.2. The van der Waals surface area contributed by atoms with E-state index in [1.54, 1.807) is 48.5 Å². The van der Waals surface area contributed by atoms with Crippen molar-refractivity contribution >= 4 is 40.0 Å². The lowest BCUT2D eigenvalue weighted by molar-refractivity contribution is -0.140. The van der Waals surface area contributed by atoms with Gasteiger partial charge in [0.1, 0.15) is 30.1 Å². The van der Waals surface area contributed by atoms with E-state index in [0.717, 1.165) is 15.3 Å². The number of carbonyl (C=O) groups excluding carboxylic acids is 3. The molecule has 3 aromatic carbocycles. The molecule has 0 bridgehead atoms. The van der Waals surface area contributed by atoms with E-state index < -0.39 is 54.2 Å². The molecule has 10 nitrogen and oxygen atoms in total. The molecule has 204 valence electrons. The monoisotopic (exact) mass is 541 g/mol. The Hall–Kier alpha value is -5.25. The quantitative estimate of drug-likeness (QED) is 0.264. The maximum absolute atomic E-state index is 13.1. The minimum absolute atomic E-state index is 0.0465. The van der Waals surface area contributed by atoms with Crippen molar-refractivity contribution < 1.29 is 29.0 Å². The molecule has 2 amide bonds. The van der Waals surface area contributed by atoms with Crippen LogP contribution in [0, 0.1) is 0 Å². The van der Waals surface area contributed by atoms with E-state index in [-0.39, 0.29) is 5.69 Å². The van der Waals surface area contributed by atoms with Crippen molar-refractivity contribution in [1.29, 1.82) is 0 Å². The summed E-state index contributed by atoms with van der Waals surface area (Å²) in [5.41, 5.74) is -0.338. The largest absolute Gasteiger partial charge is 0.486 e. The van der Waals surface area contributed by atoms with Crippen LogP contribution < -0.4 is 20.9 Å². The van der Waals surface area contributed by atoms with E-state index in [4.69, 9.17) is 4.74 Å². The van der Waals surface area contributed by atoms with Crippen LogP contribution in [0.3, 0.4) is 0 Å². The number of ketones is 1. The Morgan fingerprint density at radius 1 is 0.900 bits per heavy atom. The van der Waals surface area contributed by atoms with Crippen LogP contribution >= 0.6 is 0 Å². The summed E-state index contributed by atoms with van der Waals surface area (Å²) < 4.78 is 6.49. The molecule has 4 rings (SSSR count). The lowest BCUT2D eigenvalue weighted by atomic mass is 10.1. The minimum Gasteiger partial charge on any atom is -0.486 e. The molecule has 0 saturated carbocycles. The number of carboxylic acids is 1. The lowest BCUT2D eigenvalue weighted by Crippen LogP contribution is -2.47. The van der Waals surface area contributed by atoms with Crippen LogP contribution in [0.15, 0.2) is 95.9 Å². The number of aliphatic carboxylic acids is 1. The number of carbonyl (C=O) groups is 4. The predicted molar refractivity (Wildman–Crippen MR) is 148 cm³/mol. The molecule has 2 atom stereocenters. The molecule has 1 unspecified atom stereocenters. The molecule has 0 aliphatic heterocycles. The van der Waals surface area contributed by atoms with E-state index in [1.165, 1.54) is 25.3 Å². The van der Waals surface area contributed by atoms with Gasteiger partial charge in [0.25, 0.3) is 11.5 Å². The third-order valence-electron chi connectivity index (χ3n) is 6.24. The molecule has 1 aromatic heterocycles. The van der Waals surface area contributed by atoms with Crippen molar-refractivity contribution in [3.8, 4) is 5.75 Å². The van der Waals surface area contributed by atoms with E-state index in [0.29, 0.717) is 11.3 Å². The van der Waals surface area contributed by atoms with E-state index in [2.05, 4.69) is 10.6 Å². The number of fused-ring (bicyclic) bond motifs is 1. The van der Waals surface area contributed by atoms with Crippen molar-refractivity contribution in [3.05, 3.63) is 107 Å². The highest BCUT2D eigenvalue weighted by atomic mass is 16.5. The average molecular weight is 542 g/mol. The number of hydrogen-bond donors (Lipinski definition) is 3. The van der Waals surface area contributed by atoms with Gasteiger partial charge in [-0.1, -0.05) is 48.5 Å². The van der Waals surface area contributed by atoms with Crippen molar-refractivity contribution in [1.82, 2.24) is 9.88 Å². The van der Waals surface area contributed by atoms with E-state index in [1.807, 2.05) is 24.3 Å². The van der Waals surface area contributed by atoms with Gasteiger partial charge in [0.05, 0.1) is 6.42 Å². The molecule has 0 saturated heterocycles. The fourth-order valence-electron chi connectivity index (χ4n) is 4.05. The zero-order valence-corrected chi connectivity index (χ0v) is 21.6. The molecular formula is C30H27N3O7. The lowest BCUT2D eigenvalue weighted by Gasteiger charge is -2.21. The predicted octanol–water partition coefficient (Wildman–Crippen LogP) is 3.42. The van der Waals surface area contributed by atoms with Gasteiger partial charge in [0.15, 0.2) is 5.78 Å². The first-order valence-corrected chi connectivity index (χ1v) is 12.5. The highest BCUT2D eigenvalue weighted by Crippen LogP contribution is 2.17. The Morgan fingerprint density at radius 3 is 2.33 bits per heavy atom. The van der Waals surface area contributed by atoms with E-state index in [9.17, 15) is 29.1 Å².